The Balaban J connectivity index is 1.56. The Bertz CT molecular complexity index is 1050. The van der Waals surface area contributed by atoms with Crippen LogP contribution >= 0.6 is 0 Å². The van der Waals surface area contributed by atoms with E-state index in [1.165, 1.54) is 24.3 Å². The van der Waals surface area contributed by atoms with E-state index in [1.807, 2.05) is 4.90 Å². The Morgan fingerprint density at radius 1 is 1.03 bits per heavy atom. The summed E-state index contributed by atoms with van der Waals surface area (Å²) >= 11 is 0. The maximum atomic E-state index is 13.6. The predicted molar refractivity (Wildman–Crippen MR) is 113 cm³/mol. The molecule has 3 aromatic rings. The molecule has 4 rings (SSSR count). The number of piperazine rings is 1. The molecule has 7 nitrogen and oxygen atoms in total. The molecule has 1 aliphatic rings. The molecule has 176 valence electrons. The molecular formula is C22H24F4N6O. The SMILES string of the molecule is COCCn1nnnc1[C@@H](c1ccc(F)cc1)N1CCN(c2cccc(C(F)(F)F)c2)CC1. The molecule has 2 heterocycles. The largest absolute Gasteiger partial charge is 0.416 e. The molecule has 0 unspecified atom stereocenters. The van der Waals surface area contributed by atoms with Crippen molar-refractivity contribution < 1.29 is 22.3 Å². The van der Waals surface area contributed by atoms with Gasteiger partial charge >= 0.3 is 6.18 Å². The van der Waals surface area contributed by atoms with Crippen molar-refractivity contribution in [2.75, 3.05) is 44.8 Å². The third-order valence-electron chi connectivity index (χ3n) is 5.72. The normalized spacial score (nSPS) is 16.2. The Morgan fingerprint density at radius 2 is 1.76 bits per heavy atom. The summed E-state index contributed by atoms with van der Waals surface area (Å²) in [5, 5.41) is 12.1. The van der Waals surface area contributed by atoms with Gasteiger partial charge in [0.1, 0.15) is 5.82 Å². The van der Waals surface area contributed by atoms with Crippen LogP contribution in [0.1, 0.15) is 23.0 Å². The van der Waals surface area contributed by atoms with Gasteiger partial charge in [0, 0.05) is 39.0 Å². The molecular weight excluding hydrogens is 440 g/mol. The van der Waals surface area contributed by atoms with Crippen molar-refractivity contribution in [1.82, 2.24) is 25.1 Å². The van der Waals surface area contributed by atoms with Gasteiger partial charge in [-0.15, -0.1) is 5.10 Å². The van der Waals surface area contributed by atoms with E-state index >= 15 is 0 Å². The predicted octanol–water partition coefficient (Wildman–Crippen LogP) is 3.39. The van der Waals surface area contributed by atoms with Gasteiger partial charge in [0.15, 0.2) is 5.82 Å². The van der Waals surface area contributed by atoms with Crippen molar-refractivity contribution in [3.8, 4) is 0 Å². The van der Waals surface area contributed by atoms with Gasteiger partial charge in [0.2, 0.25) is 0 Å². The molecule has 2 aromatic carbocycles. The fourth-order valence-corrected chi connectivity index (χ4v) is 4.03. The summed E-state index contributed by atoms with van der Waals surface area (Å²) in [4.78, 5) is 4.09. The quantitative estimate of drug-likeness (QED) is 0.500. The van der Waals surface area contributed by atoms with Crippen molar-refractivity contribution in [3.63, 3.8) is 0 Å². The second-order valence-electron chi connectivity index (χ2n) is 7.78. The minimum absolute atomic E-state index is 0.332. The van der Waals surface area contributed by atoms with E-state index in [2.05, 4.69) is 20.4 Å². The first kappa shape index (κ1) is 23.1. The highest BCUT2D eigenvalue weighted by atomic mass is 19.4. The van der Waals surface area contributed by atoms with Crippen molar-refractivity contribution in [1.29, 1.82) is 0 Å². The zero-order valence-electron chi connectivity index (χ0n) is 18.0. The third-order valence-corrected chi connectivity index (χ3v) is 5.72. The number of hydrogen-bond acceptors (Lipinski definition) is 6. The molecule has 11 heteroatoms. The van der Waals surface area contributed by atoms with Gasteiger partial charge in [-0.2, -0.15) is 13.2 Å². The molecule has 0 radical (unpaired) electrons. The van der Waals surface area contributed by atoms with E-state index in [4.69, 9.17) is 4.74 Å². The summed E-state index contributed by atoms with van der Waals surface area (Å²) in [5.41, 5.74) is 0.703. The zero-order valence-corrected chi connectivity index (χ0v) is 18.0. The summed E-state index contributed by atoms with van der Waals surface area (Å²) < 4.78 is 59.7. The fourth-order valence-electron chi connectivity index (χ4n) is 4.03. The molecule has 1 aromatic heterocycles. The average molecular weight is 464 g/mol. The first-order chi connectivity index (χ1) is 15.9. The molecule has 0 saturated carbocycles. The summed E-state index contributed by atoms with van der Waals surface area (Å²) in [6.45, 7) is 3.07. The summed E-state index contributed by atoms with van der Waals surface area (Å²) in [6.07, 6.45) is -4.38. The summed E-state index contributed by atoms with van der Waals surface area (Å²) in [7, 11) is 1.59. The van der Waals surface area contributed by atoms with Crippen LogP contribution in [0.3, 0.4) is 0 Å². The van der Waals surface area contributed by atoms with Crippen molar-refractivity contribution in [2.24, 2.45) is 0 Å². The van der Waals surface area contributed by atoms with E-state index in [0.717, 1.165) is 11.6 Å². The van der Waals surface area contributed by atoms with Crippen LogP contribution in [0.2, 0.25) is 0 Å². The monoisotopic (exact) mass is 464 g/mol. The standard InChI is InChI=1S/C22H24F4N6O/c1-33-14-13-32-21(27-28-29-32)20(16-5-7-18(23)8-6-16)31-11-9-30(10-12-31)19-4-2-3-17(15-19)22(24,25)26/h2-8,15,20H,9-14H2,1H3/t20-/m1/s1. The van der Waals surface area contributed by atoms with Crippen LogP contribution in [0.5, 0.6) is 0 Å². The van der Waals surface area contributed by atoms with Crippen molar-refractivity contribution in [2.45, 2.75) is 18.8 Å². The number of tetrazole rings is 1. The molecule has 0 amide bonds. The first-order valence-corrected chi connectivity index (χ1v) is 10.5. The number of benzene rings is 2. The molecule has 33 heavy (non-hydrogen) atoms. The smallest absolute Gasteiger partial charge is 0.383 e. The number of methoxy groups -OCH3 is 1. The maximum Gasteiger partial charge on any atom is 0.416 e. The van der Waals surface area contributed by atoms with Crippen LogP contribution in [0.15, 0.2) is 48.5 Å². The molecule has 1 aliphatic heterocycles. The van der Waals surface area contributed by atoms with Crippen LogP contribution < -0.4 is 4.90 Å². The molecule has 0 N–H and O–H groups in total. The molecule has 1 atom stereocenters. The number of rotatable bonds is 7. The third kappa shape index (κ3) is 5.31. The van der Waals surface area contributed by atoms with Gasteiger partial charge in [0.25, 0.3) is 0 Å². The van der Waals surface area contributed by atoms with E-state index in [1.54, 1.807) is 30.0 Å². The van der Waals surface area contributed by atoms with Gasteiger partial charge in [0.05, 0.1) is 24.8 Å². The van der Waals surface area contributed by atoms with Gasteiger partial charge < -0.3 is 9.64 Å². The maximum absolute atomic E-state index is 13.6. The molecule has 0 bridgehead atoms. The summed E-state index contributed by atoms with van der Waals surface area (Å²) in [5.74, 6) is 0.261. The lowest BCUT2D eigenvalue weighted by molar-refractivity contribution is -0.137. The second-order valence-corrected chi connectivity index (χ2v) is 7.78. The Morgan fingerprint density at radius 3 is 2.42 bits per heavy atom. The van der Waals surface area contributed by atoms with E-state index in [0.29, 0.717) is 50.8 Å². The lowest BCUT2D eigenvalue weighted by Gasteiger charge is -2.40. The average Bonchev–Trinajstić information content (AvgIpc) is 3.27. The minimum Gasteiger partial charge on any atom is -0.383 e. The highest BCUT2D eigenvalue weighted by molar-refractivity contribution is 5.49. The topological polar surface area (TPSA) is 59.3 Å². The fraction of sp³-hybridized carbons (Fsp3) is 0.409. The number of nitrogens with zero attached hydrogens (tertiary/aromatic N) is 6. The molecule has 0 spiro atoms. The molecule has 1 saturated heterocycles. The van der Waals surface area contributed by atoms with Crippen LogP contribution in [0.4, 0.5) is 23.2 Å². The number of hydrogen-bond donors (Lipinski definition) is 0. The first-order valence-electron chi connectivity index (χ1n) is 10.5. The second kappa shape index (κ2) is 9.84. The highest BCUT2D eigenvalue weighted by Crippen LogP contribution is 2.33. The van der Waals surface area contributed by atoms with Crippen LogP contribution in [-0.4, -0.2) is 65.0 Å². The number of ether oxygens (including phenoxy) is 1. The van der Waals surface area contributed by atoms with Crippen LogP contribution in [0, 0.1) is 5.82 Å². The Labute approximate surface area is 188 Å². The van der Waals surface area contributed by atoms with Crippen LogP contribution in [0.25, 0.3) is 0 Å². The molecule has 1 fully saturated rings. The minimum atomic E-state index is -4.38. The van der Waals surface area contributed by atoms with E-state index in [9.17, 15) is 17.6 Å². The van der Waals surface area contributed by atoms with Crippen molar-refractivity contribution >= 4 is 5.69 Å². The molecule has 0 aliphatic carbocycles. The number of anilines is 1. The summed E-state index contributed by atoms with van der Waals surface area (Å²) in [6, 6.07) is 11.2. The van der Waals surface area contributed by atoms with Gasteiger partial charge in [-0.1, -0.05) is 18.2 Å². The van der Waals surface area contributed by atoms with Crippen LogP contribution in [-0.2, 0) is 17.5 Å². The van der Waals surface area contributed by atoms with Crippen molar-refractivity contribution in [3.05, 3.63) is 71.3 Å². The van der Waals surface area contributed by atoms with E-state index < -0.39 is 11.7 Å². The number of aromatic nitrogens is 4. The Hall–Kier alpha value is -3.05. The Kier molecular flexibility index (Phi) is 6.89. The van der Waals surface area contributed by atoms with Gasteiger partial charge in [-0.3, -0.25) is 4.90 Å². The van der Waals surface area contributed by atoms with E-state index in [-0.39, 0.29) is 11.9 Å². The lowest BCUT2D eigenvalue weighted by Crippen LogP contribution is -2.48. The van der Waals surface area contributed by atoms with Gasteiger partial charge in [-0.25, -0.2) is 9.07 Å². The van der Waals surface area contributed by atoms with Gasteiger partial charge in [-0.05, 0) is 46.3 Å². The number of alkyl halides is 3. The number of halogens is 4. The highest BCUT2D eigenvalue weighted by Gasteiger charge is 2.33. The lowest BCUT2D eigenvalue weighted by atomic mass is 10.0. The zero-order chi connectivity index (χ0) is 23.4.